The minimum atomic E-state index is -0.348. The molecule has 0 unspecified atom stereocenters. The van der Waals surface area contributed by atoms with Crippen molar-refractivity contribution in [1.29, 1.82) is 0 Å². The molecule has 0 bridgehead atoms. The van der Waals surface area contributed by atoms with Gasteiger partial charge in [-0.15, -0.1) is 0 Å². The number of aromatic nitrogens is 3. The Balaban J connectivity index is 1.24. The summed E-state index contributed by atoms with van der Waals surface area (Å²) in [4.78, 5) is 48.1. The summed E-state index contributed by atoms with van der Waals surface area (Å²) in [6.07, 6.45) is 2.34. The average Bonchev–Trinajstić information content (AvgIpc) is 3.51. The SMILES string of the molecule is CCOC(=O)N1CCN(C(=O)c2cccc(-c3n[nH]c([C@H]4CCCCN4C(=O)COc4ccccc4)n3)c2)CC1. The van der Waals surface area contributed by atoms with Crippen LogP contribution in [-0.4, -0.2) is 93.7 Å². The van der Waals surface area contributed by atoms with E-state index in [1.807, 2.05) is 47.4 Å². The molecule has 1 N–H and O–H groups in total. The highest BCUT2D eigenvalue weighted by molar-refractivity contribution is 5.95. The van der Waals surface area contributed by atoms with Crippen molar-refractivity contribution in [3.05, 3.63) is 66.0 Å². The lowest BCUT2D eigenvalue weighted by molar-refractivity contribution is -0.137. The van der Waals surface area contributed by atoms with Crippen LogP contribution in [0.15, 0.2) is 54.6 Å². The lowest BCUT2D eigenvalue weighted by Gasteiger charge is -2.34. The number of hydrogen-bond donors (Lipinski definition) is 1. The summed E-state index contributed by atoms with van der Waals surface area (Å²) >= 11 is 0. The van der Waals surface area contributed by atoms with Crippen molar-refractivity contribution in [2.75, 3.05) is 45.9 Å². The number of amides is 3. The Kier molecular flexibility index (Phi) is 8.58. The number of piperazine rings is 1. The van der Waals surface area contributed by atoms with E-state index in [0.717, 1.165) is 19.3 Å². The number of H-pyrrole nitrogens is 1. The fourth-order valence-corrected chi connectivity index (χ4v) is 5.09. The van der Waals surface area contributed by atoms with Crippen LogP contribution in [0.4, 0.5) is 4.79 Å². The Morgan fingerprint density at radius 3 is 2.50 bits per heavy atom. The third kappa shape index (κ3) is 6.24. The number of carbonyl (C=O) groups excluding carboxylic acids is 3. The van der Waals surface area contributed by atoms with E-state index in [1.54, 1.807) is 28.9 Å². The second-order valence-electron chi connectivity index (χ2n) is 9.80. The van der Waals surface area contributed by atoms with Crippen molar-refractivity contribution in [3.63, 3.8) is 0 Å². The van der Waals surface area contributed by atoms with E-state index in [-0.39, 0.29) is 30.6 Å². The molecular formula is C29H34N6O5. The van der Waals surface area contributed by atoms with Gasteiger partial charge in [0.1, 0.15) is 11.6 Å². The second-order valence-corrected chi connectivity index (χ2v) is 9.80. The minimum absolute atomic E-state index is 0.0420. The van der Waals surface area contributed by atoms with Gasteiger partial charge in [-0.05, 0) is 50.5 Å². The van der Waals surface area contributed by atoms with Crippen LogP contribution < -0.4 is 4.74 Å². The van der Waals surface area contributed by atoms with Gasteiger partial charge in [-0.25, -0.2) is 9.78 Å². The van der Waals surface area contributed by atoms with E-state index in [1.165, 1.54) is 0 Å². The van der Waals surface area contributed by atoms with E-state index in [2.05, 4.69) is 10.2 Å². The van der Waals surface area contributed by atoms with E-state index in [4.69, 9.17) is 14.5 Å². The van der Waals surface area contributed by atoms with Crippen molar-refractivity contribution in [1.82, 2.24) is 29.9 Å². The molecule has 5 rings (SSSR count). The predicted octanol–water partition coefficient (Wildman–Crippen LogP) is 3.52. The molecule has 40 heavy (non-hydrogen) atoms. The molecule has 0 radical (unpaired) electrons. The summed E-state index contributed by atoms with van der Waals surface area (Å²) in [6, 6.07) is 16.3. The summed E-state index contributed by atoms with van der Waals surface area (Å²) in [6.45, 7) is 4.42. The Hall–Kier alpha value is -4.41. The molecule has 2 fully saturated rings. The van der Waals surface area contributed by atoms with E-state index in [0.29, 0.717) is 67.9 Å². The lowest BCUT2D eigenvalue weighted by Crippen LogP contribution is -2.50. The molecule has 11 heteroatoms. The van der Waals surface area contributed by atoms with E-state index in [9.17, 15) is 14.4 Å². The molecule has 210 valence electrons. The molecule has 3 aromatic rings. The van der Waals surface area contributed by atoms with E-state index < -0.39 is 0 Å². The third-order valence-electron chi connectivity index (χ3n) is 7.21. The van der Waals surface area contributed by atoms with Crippen LogP contribution >= 0.6 is 0 Å². The summed E-state index contributed by atoms with van der Waals surface area (Å²) in [5.41, 5.74) is 1.24. The van der Waals surface area contributed by atoms with Gasteiger partial charge < -0.3 is 24.2 Å². The van der Waals surface area contributed by atoms with Gasteiger partial charge in [-0.1, -0.05) is 30.3 Å². The number of ether oxygens (including phenoxy) is 2. The molecule has 2 aromatic carbocycles. The standard InChI is InChI=1S/C29H34N6O5/c1-2-39-29(38)34-17-15-33(16-18-34)28(37)22-10-8-9-21(19-22)26-30-27(32-31-26)24-13-6-7-14-35(24)25(36)20-40-23-11-4-3-5-12-23/h3-5,8-12,19,24H,2,6-7,13-18,20H2,1H3,(H,30,31,32)/t24-/m1/s1. The zero-order chi connectivity index (χ0) is 27.9. The van der Waals surface area contributed by atoms with Crippen LogP contribution in [0.2, 0.25) is 0 Å². The molecule has 1 atom stereocenters. The second kappa shape index (κ2) is 12.6. The first-order valence-electron chi connectivity index (χ1n) is 13.7. The molecule has 3 amide bonds. The van der Waals surface area contributed by atoms with Crippen LogP contribution in [-0.2, 0) is 9.53 Å². The van der Waals surface area contributed by atoms with Crippen LogP contribution in [0.1, 0.15) is 48.4 Å². The Morgan fingerprint density at radius 2 is 1.73 bits per heavy atom. The molecule has 0 aliphatic carbocycles. The maximum absolute atomic E-state index is 13.2. The maximum atomic E-state index is 13.2. The number of piperidine rings is 1. The van der Waals surface area contributed by atoms with Crippen LogP contribution in [0, 0.1) is 0 Å². The van der Waals surface area contributed by atoms with Gasteiger partial charge in [-0.3, -0.25) is 14.7 Å². The van der Waals surface area contributed by atoms with Crippen molar-refractivity contribution in [2.24, 2.45) is 0 Å². The maximum Gasteiger partial charge on any atom is 0.409 e. The monoisotopic (exact) mass is 546 g/mol. The number of nitrogens with one attached hydrogen (secondary N) is 1. The third-order valence-corrected chi connectivity index (χ3v) is 7.21. The molecule has 3 heterocycles. The van der Waals surface area contributed by atoms with Crippen LogP contribution in [0.5, 0.6) is 5.75 Å². The molecule has 2 aliphatic heterocycles. The number of nitrogens with zero attached hydrogens (tertiary/aromatic N) is 5. The fraction of sp³-hybridized carbons (Fsp3) is 0.414. The number of benzene rings is 2. The summed E-state index contributed by atoms with van der Waals surface area (Å²) in [7, 11) is 0. The Morgan fingerprint density at radius 1 is 0.950 bits per heavy atom. The van der Waals surface area contributed by atoms with Gasteiger partial charge in [0.15, 0.2) is 12.4 Å². The molecular weight excluding hydrogens is 512 g/mol. The van der Waals surface area contributed by atoms with Crippen molar-refractivity contribution >= 4 is 17.9 Å². The Labute approximate surface area is 233 Å². The molecule has 0 saturated carbocycles. The van der Waals surface area contributed by atoms with Gasteiger partial charge in [0.25, 0.3) is 11.8 Å². The molecule has 11 nitrogen and oxygen atoms in total. The highest BCUT2D eigenvalue weighted by Gasteiger charge is 2.31. The van der Waals surface area contributed by atoms with Gasteiger partial charge >= 0.3 is 6.09 Å². The lowest BCUT2D eigenvalue weighted by atomic mass is 10.0. The molecule has 1 aromatic heterocycles. The Bertz CT molecular complexity index is 1320. The number of hydrogen-bond acceptors (Lipinski definition) is 7. The summed E-state index contributed by atoms with van der Waals surface area (Å²) < 4.78 is 10.8. The number of carbonyl (C=O) groups is 3. The number of aromatic amines is 1. The smallest absolute Gasteiger partial charge is 0.409 e. The van der Waals surface area contributed by atoms with Crippen molar-refractivity contribution < 1.29 is 23.9 Å². The zero-order valence-corrected chi connectivity index (χ0v) is 22.6. The quantitative estimate of drug-likeness (QED) is 0.481. The first-order chi connectivity index (χ1) is 19.5. The number of para-hydroxylation sites is 1. The average molecular weight is 547 g/mol. The van der Waals surface area contributed by atoms with Crippen LogP contribution in [0.25, 0.3) is 11.4 Å². The van der Waals surface area contributed by atoms with Crippen molar-refractivity contribution in [3.8, 4) is 17.1 Å². The largest absolute Gasteiger partial charge is 0.484 e. The normalized spacial score (nSPS) is 17.4. The minimum Gasteiger partial charge on any atom is -0.484 e. The number of rotatable bonds is 7. The first-order valence-corrected chi connectivity index (χ1v) is 13.7. The number of likely N-dealkylation sites (tertiary alicyclic amines) is 1. The predicted molar refractivity (Wildman–Crippen MR) is 147 cm³/mol. The van der Waals surface area contributed by atoms with Gasteiger partial charge in [0.05, 0.1) is 12.6 Å². The fourth-order valence-electron chi connectivity index (χ4n) is 5.09. The first kappa shape index (κ1) is 27.2. The molecule has 2 saturated heterocycles. The van der Waals surface area contributed by atoms with Gasteiger partial charge in [-0.2, -0.15) is 5.10 Å². The molecule has 2 aliphatic rings. The van der Waals surface area contributed by atoms with Crippen molar-refractivity contribution in [2.45, 2.75) is 32.2 Å². The van der Waals surface area contributed by atoms with Crippen LogP contribution in [0.3, 0.4) is 0 Å². The van der Waals surface area contributed by atoms with Gasteiger partial charge in [0, 0.05) is 43.9 Å². The highest BCUT2D eigenvalue weighted by Crippen LogP contribution is 2.30. The highest BCUT2D eigenvalue weighted by atomic mass is 16.6. The topological polar surface area (TPSA) is 121 Å². The molecule has 0 spiro atoms. The zero-order valence-electron chi connectivity index (χ0n) is 22.6. The van der Waals surface area contributed by atoms with Gasteiger partial charge in [0.2, 0.25) is 0 Å². The summed E-state index contributed by atoms with van der Waals surface area (Å²) in [5, 5.41) is 7.45. The van der Waals surface area contributed by atoms with E-state index >= 15 is 0 Å². The summed E-state index contributed by atoms with van der Waals surface area (Å²) in [5.74, 6) is 1.54.